The zero-order valence-corrected chi connectivity index (χ0v) is 11.8. The number of aromatic nitrogens is 2. The van der Waals surface area contributed by atoms with E-state index in [-0.39, 0.29) is 16.1 Å². The van der Waals surface area contributed by atoms with E-state index in [4.69, 9.17) is 5.73 Å². The number of halogens is 3. The maximum absolute atomic E-state index is 14.1. The van der Waals surface area contributed by atoms with Gasteiger partial charge in [0.2, 0.25) is 5.95 Å². The molecule has 2 heterocycles. The molecule has 4 nitrogen and oxygen atoms in total. The van der Waals surface area contributed by atoms with Gasteiger partial charge in [0, 0.05) is 23.9 Å². The van der Waals surface area contributed by atoms with Gasteiger partial charge >= 0.3 is 0 Å². The predicted molar refractivity (Wildman–Crippen MR) is 75.7 cm³/mol. The summed E-state index contributed by atoms with van der Waals surface area (Å²) in [4.78, 5) is 11.6. The highest BCUT2D eigenvalue weighted by Gasteiger charge is 2.17. The number of anilines is 1. The molecule has 20 heavy (non-hydrogen) atoms. The SMILES string of the molecule is Nc1nc(F)c(Br)nc1-c1cc(F)c2c(c1)CCN=C2. The Hall–Kier alpha value is -1.89. The Morgan fingerprint density at radius 2 is 2.00 bits per heavy atom. The molecule has 1 aromatic heterocycles. The van der Waals surface area contributed by atoms with E-state index in [1.807, 2.05) is 0 Å². The van der Waals surface area contributed by atoms with Gasteiger partial charge in [-0.2, -0.15) is 9.37 Å². The van der Waals surface area contributed by atoms with Crippen molar-refractivity contribution in [3.8, 4) is 11.3 Å². The van der Waals surface area contributed by atoms with Gasteiger partial charge in [-0.15, -0.1) is 0 Å². The molecule has 0 radical (unpaired) electrons. The minimum absolute atomic E-state index is 0.0543. The standard InChI is InChI=1S/C13H9BrF2N4/c14-11-12(16)20-13(17)10(19-11)7-3-6-1-2-18-5-8(6)9(15)4-7/h3-5H,1-2H2,(H2,17,20). The fraction of sp³-hybridized carbons (Fsp3) is 0.154. The molecule has 0 saturated heterocycles. The van der Waals surface area contributed by atoms with Crippen LogP contribution in [0.3, 0.4) is 0 Å². The lowest BCUT2D eigenvalue weighted by Crippen LogP contribution is -2.07. The minimum atomic E-state index is -0.795. The van der Waals surface area contributed by atoms with Crippen LogP contribution in [0, 0.1) is 11.8 Å². The van der Waals surface area contributed by atoms with E-state index < -0.39 is 11.8 Å². The van der Waals surface area contributed by atoms with E-state index in [0.29, 0.717) is 24.1 Å². The highest BCUT2D eigenvalue weighted by Crippen LogP contribution is 2.29. The third-order valence-corrected chi connectivity index (χ3v) is 3.57. The van der Waals surface area contributed by atoms with Gasteiger partial charge in [-0.25, -0.2) is 9.37 Å². The van der Waals surface area contributed by atoms with E-state index >= 15 is 0 Å². The summed E-state index contributed by atoms with van der Waals surface area (Å²) in [5.41, 5.74) is 7.70. The Bertz CT molecular complexity index is 731. The Labute approximate surface area is 121 Å². The molecule has 1 aromatic carbocycles. The number of nitrogen functional groups attached to an aromatic ring is 1. The zero-order valence-electron chi connectivity index (χ0n) is 10.2. The van der Waals surface area contributed by atoms with Crippen molar-refractivity contribution >= 4 is 28.0 Å². The fourth-order valence-corrected chi connectivity index (χ4v) is 2.39. The van der Waals surface area contributed by atoms with Crippen LogP contribution in [0.2, 0.25) is 0 Å². The van der Waals surface area contributed by atoms with Crippen molar-refractivity contribution in [2.24, 2.45) is 4.99 Å². The lowest BCUT2D eigenvalue weighted by Gasteiger charge is -2.13. The summed E-state index contributed by atoms with van der Waals surface area (Å²) in [6.45, 7) is 0.615. The molecule has 0 saturated carbocycles. The molecule has 3 rings (SSSR count). The molecule has 1 aliphatic heterocycles. The van der Waals surface area contributed by atoms with E-state index in [2.05, 4.69) is 30.9 Å². The molecule has 0 aliphatic carbocycles. The maximum Gasteiger partial charge on any atom is 0.247 e. The van der Waals surface area contributed by atoms with Crippen molar-refractivity contribution in [1.29, 1.82) is 0 Å². The highest BCUT2D eigenvalue weighted by atomic mass is 79.9. The summed E-state index contributed by atoms with van der Waals surface area (Å²) in [5, 5.41) is 0. The summed E-state index contributed by atoms with van der Waals surface area (Å²) in [6.07, 6.45) is 2.17. The quantitative estimate of drug-likeness (QED) is 0.869. The first kappa shape index (κ1) is 13.1. The number of nitrogens with two attached hydrogens (primary N) is 1. The Morgan fingerprint density at radius 1 is 1.20 bits per heavy atom. The van der Waals surface area contributed by atoms with Crippen molar-refractivity contribution < 1.29 is 8.78 Å². The van der Waals surface area contributed by atoms with Gasteiger partial charge in [0.15, 0.2) is 10.4 Å². The predicted octanol–water partition coefficient (Wildman–Crippen LogP) is 2.74. The molecular weight excluding hydrogens is 330 g/mol. The number of benzene rings is 1. The Balaban J connectivity index is 2.18. The van der Waals surface area contributed by atoms with E-state index in [0.717, 1.165) is 5.56 Å². The van der Waals surface area contributed by atoms with Crippen molar-refractivity contribution in [1.82, 2.24) is 9.97 Å². The van der Waals surface area contributed by atoms with Gasteiger partial charge in [-0.1, -0.05) is 0 Å². The number of rotatable bonds is 1. The van der Waals surface area contributed by atoms with Crippen LogP contribution in [0.4, 0.5) is 14.6 Å². The van der Waals surface area contributed by atoms with Crippen LogP contribution in [0.15, 0.2) is 21.7 Å². The average Bonchev–Trinajstić information content (AvgIpc) is 2.43. The summed E-state index contributed by atoms with van der Waals surface area (Å²) in [6, 6.07) is 3.09. The van der Waals surface area contributed by atoms with Gasteiger partial charge in [0.25, 0.3) is 0 Å². The topological polar surface area (TPSA) is 64.2 Å². The third-order valence-electron chi connectivity index (χ3n) is 3.06. The number of hydrogen-bond acceptors (Lipinski definition) is 4. The van der Waals surface area contributed by atoms with Gasteiger partial charge in [0.1, 0.15) is 11.5 Å². The van der Waals surface area contributed by atoms with E-state index in [9.17, 15) is 8.78 Å². The monoisotopic (exact) mass is 338 g/mol. The first-order valence-corrected chi connectivity index (χ1v) is 6.66. The average molecular weight is 339 g/mol. The lowest BCUT2D eigenvalue weighted by molar-refractivity contribution is 0.571. The number of fused-ring (bicyclic) bond motifs is 1. The molecule has 0 amide bonds. The van der Waals surface area contributed by atoms with Crippen LogP contribution >= 0.6 is 15.9 Å². The van der Waals surface area contributed by atoms with Crippen LogP contribution in [-0.4, -0.2) is 22.7 Å². The second-order valence-electron chi connectivity index (χ2n) is 4.36. The van der Waals surface area contributed by atoms with Crippen molar-refractivity contribution in [2.75, 3.05) is 12.3 Å². The molecule has 0 bridgehead atoms. The molecule has 1 aliphatic rings. The van der Waals surface area contributed by atoms with Crippen molar-refractivity contribution in [3.63, 3.8) is 0 Å². The van der Waals surface area contributed by atoms with E-state index in [1.165, 1.54) is 12.3 Å². The van der Waals surface area contributed by atoms with Crippen LogP contribution in [-0.2, 0) is 6.42 Å². The molecular formula is C13H9BrF2N4. The molecule has 7 heteroatoms. The van der Waals surface area contributed by atoms with Gasteiger partial charge in [-0.05, 0) is 40.0 Å². The molecule has 0 atom stereocenters. The fourth-order valence-electron chi connectivity index (χ4n) is 2.12. The second kappa shape index (κ2) is 4.90. The lowest BCUT2D eigenvalue weighted by atomic mass is 9.98. The number of hydrogen-bond donors (Lipinski definition) is 1. The molecule has 2 aromatic rings. The smallest absolute Gasteiger partial charge is 0.247 e. The second-order valence-corrected chi connectivity index (χ2v) is 5.11. The van der Waals surface area contributed by atoms with Crippen LogP contribution < -0.4 is 5.73 Å². The molecule has 0 spiro atoms. The molecule has 0 fully saturated rings. The van der Waals surface area contributed by atoms with Gasteiger partial charge < -0.3 is 5.73 Å². The number of aliphatic imine (C=N–C) groups is 1. The summed E-state index contributed by atoms with van der Waals surface area (Å²) in [5.74, 6) is -1.27. The Kier molecular flexibility index (Phi) is 3.21. The first-order chi connectivity index (χ1) is 9.56. The Morgan fingerprint density at radius 3 is 2.80 bits per heavy atom. The van der Waals surface area contributed by atoms with Crippen LogP contribution in [0.1, 0.15) is 11.1 Å². The van der Waals surface area contributed by atoms with Crippen molar-refractivity contribution in [3.05, 3.63) is 39.6 Å². The van der Waals surface area contributed by atoms with Crippen LogP contribution in [0.5, 0.6) is 0 Å². The highest BCUT2D eigenvalue weighted by molar-refractivity contribution is 9.10. The normalized spacial score (nSPS) is 13.3. The molecule has 0 unspecified atom stereocenters. The minimum Gasteiger partial charge on any atom is -0.382 e. The van der Waals surface area contributed by atoms with E-state index in [1.54, 1.807) is 6.07 Å². The number of nitrogens with zero attached hydrogens (tertiary/aromatic N) is 3. The van der Waals surface area contributed by atoms with Crippen LogP contribution in [0.25, 0.3) is 11.3 Å². The van der Waals surface area contributed by atoms with Gasteiger partial charge in [0.05, 0.1) is 0 Å². The van der Waals surface area contributed by atoms with Gasteiger partial charge in [-0.3, -0.25) is 4.99 Å². The summed E-state index contributed by atoms with van der Waals surface area (Å²) in [7, 11) is 0. The molecule has 2 N–H and O–H groups in total. The van der Waals surface area contributed by atoms with Crippen molar-refractivity contribution in [2.45, 2.75) is 6.42 Å². The zero-order chi connectivity index (χ0) is 14.3. The summed E-state index contributed by atoms with van der Waals surface area (Å²) >= 11 is 2.95. The first-order valence-electron chi connectivity index (χ1n) is 5.87. The summed E-state index contributed by atoms with van der Waals surface area (Å²) < 4.78 is 27.2. The third kappa shape index (κ3) is 2.18. The largest absolute Gasteiger partial charge is 0.382 e. The molecule has 102 valence electrons. The maximum atomic E-state index is 14.1.